The molecule has 0 atom stereocenters. The van der Waals surface area contributed by atoms with Crippen molar-refractivity contribution in [1.29, 1.82) is 0 Å². The van der Waals surface area contributed by atoms with Crippen molar-refractivity contribution in [3.63, 3.8) is 0 Å². The number of aryl methyl sites for hydroxylation is 1. The number of hydrogen-bond acceptors (Lipinski definition) is 9. The summed E-state index contributed by atoms with van der Waals surface area (Å²) in [6.45, 7) is 1.65. The average molecular weight is 557 g/mol. The Morgan fingerprint density at radius 2 is 1.70 bits per heavy atom. The molecule has 0 bridgehead atoms. The molecule has 0 aliphatic rings. The van der Waals surface area contributed by atoms with Crippen LogP contribution in [0, 0.1) is 6.92 Å². The minimum atomic E-state index is -4.30. The maximum absolute atomic E-state index is 13.6. The van der Waals surface area contributed by atoms with Gasteiger partial charge >= 0.3 is 0 Å². The largest absolute Gasteiger partial charge is 0.334 e. The molecule has 0 aliphatic heterocycles. The predicted molar refractivity (Wildman–Crippen MR) is 140 cm³/mol. The summed E-state index contributed by atoms with van der Waals surface area (Å²) in [5.74, 6) is 0.566. The lowest BCUT2D eigenvalue weighted by Crippen LogP contribution is -2.31. The molecule has 0 spiro atoms. The molecule has 1 N–H and O–H groups in total. The molecule has 0 radical (unpaired) electrons. The van der Waals surface area contributed by atoms with E-state index in [4.69, 9.17) is 9.36 Å². The van der Waals surface area contributed by atoms with E-state index in [-0.39, 0.29) is 26.4 Å². The van der Waals surface area contributed by atoms with E-state index >= 15 is 0 Å². The van der Waals surface area contributed by atoms with Crippen LogP contribution in [0.4, 0.5) is 11.4 Å². The number of para-hydroxylation sites is 2. The fourth-order valence-corrected chi connectivity index (χ4v) is 7.43. The summed E-state index contributed by atoms with van der Waals surface area (Å²) < 4.78 is 62.9. The second-order valence-electron chi connectivity index (χ2n) is 7.82. The molecule has 5 aromatic rings. The van der Waals surface area contributed by atoms with E-state index in [1.165, 1.54) is 37.4 Å². The van der Waals surface area contributed by atoms with Gasteiger partial charge in [0, 0.05) is 10.3 Å². The van der Waals surface area contributed by atoms with Crippen molar-refractivity contribution in [2.24, 2.45) is 0 Å². The van der Waals surface area contributed by atoms with E-state index in [0.717, 1.165) is 21.4 Å². The molecule has 0 unspecified atom stereocenters. The second-order valence-corrected chi connectivity index (χ2v) is 12.6. The highest BCUT2D eigenvalue weighted by atomic mass is 32.2. The van der Waals surface area contributed by atoms with Gasteiger partial charge in [-0.05, 0) is 54.8 Å². The van der Waals surface area contributed by atoms with E-state index in [0.29, 0.717) is 15.9 Å². The van der Waals surface area contributed by atoms with Gasteiger partial charge in [-0.1, -0.05) is 41.6 Å². The summed E-state index contributed by atoms with van der Waals surface area (Å²) in [5.41, 5.74) is 0.402. The van der Waals surface area contributed by atoms with Crippen LogP contribution in [0.15, 0.2) is 92.5 Å². The minimum absolute atomic E-state index is 0.0197. The standard InChI is InChI=1S/C24H20N4O6S3/c1-16-25-24(34-26-16)18-9-7-10-19(14-18)37(31,32)28(33-2)21-12-5-4-11-20(21)27-36(29,30)23-15-17-8-3-6-13-22(17)35-23/h3-15,27H,1-2H3. The first-order valence-corrected chi connectivity index (χ1v) is 14.5. The fourth-order valence-electron chi connectivity index (χ4n) is 3.63. The zero-order chi connectivity index (χ0) is 26.2. The quantitative estimate of drug-likeness (QED) is 0.269. The van der Waals surface area contributed by atoms with Crippen molar-refractivity contribution in [2.75, 3.05) is 16.3 Å². The highest BCUT2D eigenvalue weighted by Gasteiger charge is 2.29. The second kappa shape index (κ2) is 9.59. The lowest BCUT2D eigenvalue weighted by atomic mass is 10.2. The Kier molecular flexibility index (Phi) is 6.45. The molecule has 2 heterocycles. The van der Waals surface area contributed by atoms with Crippen LogP contribution in [-0.4, -0.2) is 34.1 Å². The average Bonchev–Trinajstić information content (AvgIpc) is 3.52. The number of benzene rings is 3. The summed E-state index contributed by atoms with van der Waals surface area (Å²) in [4.78, 5) is 9.29. The molecule has 37 heavy (non-hydrogen) atoms. The van der Waals surface area contributed by atoms with Gasteiger partial charge in [0.25, 0.3) is 25.9 Å². The number of nitrogens with one attached hydrogen (secondary N) is 1. The molecular weight excluding hydrogens is 536 g/mol. The van der Waals surface area contributed by atoms with Crippen LogP contribution in [0.2, 0.25) is 0 Å². The number of aromatic nitrogens is 2. The zero-order valence-corrected chi connectivity index (χ0v) is 22.0. The van der Waals surface area contributed by atoms with E-state index in [9.17, 15) is 16.8 Å². The van der Waals surface area contributed by atoms with Crippen molar-refractivity contribution < 1.29 is 26.2 Å². The molecule has 10 nitrogen and oxygen atoms in total. The molecule has 0 saturated carbocycles. The Balaban J connectivity index is 1.52. The summed E-state index contributed by atoms with van der Waals surface area (Å²) >= 11 is 1.11. The van der Waals surface area contributed by atoms with Gasteiger partial charge in [0.1, 0.15) is 9.90 Å². The number of thiophene rings is 1. The monoisotopic (exact) mass is 556 g/mol. The lowest BCUT2D eigenvalue weighted by molar-refractivity contribution is 0.216. The molecule has 2 aromatic heterocycles. The van der Waals surface area contributed by atoms with Crippen LogP contribution < -0.4 is 9.19 Å². The van der Waals surface area contributed by atoms with E-state index in [2.05, 4.69) is 14.9 Å². The van der Waals surface area contributed by atoms with Gasteiger partial charge in [-0.15, -0.1) is 15.8 Å². The summed E-state index contributed by atoms with van der Waals surface area (Å²) in [6, 6.07) is 20.9. The topological polar surface area (TPSA) is 132 Å². The van der Waals surface area contributed by atoms with E-state index < -0.39 is 20.0 Å². The number of fused-ring (bicyclic) bond motifs is 1. The van der Waals surface area contributed by atoms with Crippen molar-refractivity contribution in [3.05, 3.63) is 84.7 Å². The molecule has 13 heteroatoms. The number of sulfonamides is 2. The SMILES string of the molecule is CON(c1ccccc1NS(=O)(=O)c1cc2ccccc2s1)S(=O)(=O)c1cccc(-c2nc(C)no2)c1. The Bertz CT molecular complexity index is 1780. The van der Waals surface area contributed by atoms with Crippen LogP contribution in [0.25, 0.3) is 21.5 Å². The maximum atomic E-state index is 13.6. The molecule has 5 rings (SSSR count). The fraction of sp³-hybridized carbons (Fsp3) is 0.0833. The van der Waals surface area contributed by atoms with Gasteiger partial charge in [0.05, 0.1) is 17.7 Å². The summed E-state index contributed by atoms with van der Waals surface area (Å²) in [6.07, 6.45) is 0. The predicted octanol–water partition coefficient (Wildman–Crippen LogP) is 4.82. The first-order valence-electron chi connectivity index (χ1n) is 10.8. The van der Waals surface area contributed by atoms with Gasteiger partial charge in [-0.25, -0.2) is 8.42 Å². The number of nitrogens with zero attached hydrogens (tertiary/aromatic N) is 3. The van der Waals surface area contributed by atoms with Crippen molar-refractivity contribution in [3.8, 4) is 11.5 Å². The van der Waals surface area contributed by atoms with Crippen LogP contribution >= 0.6 is 11.3 Å². The summed E-state index contributed by atoms with van der Waals surface area (Å²) in [5, 5.41) is 4.52. The minimum Gasteiger partial charge on any atom is -0.334 e. The van der Waals surface area contributed by atoms with Gasteiger partial charge in [0.15, 0.2) is 5.82 Å². The number of anilines is 2. The Morgan fingerprint density at radius 1 is 0.946 bits per heavy atom. The Morgan fingerprint density at radius 3 is 2.43 bits per heavy atom. The number of hydrogen-bond donors (Lipinski definition) is 1. The first-order chi connectivity index (χ1) is 17.7. The van der Waals surface area contributed by atoms with Crippen molar-refractivity contribution >= 4 is 52.8 Å². The smallest absolute Gasteiger partial charge is 0.286 e. The Hall–Kier alpha value is -3.78. The highest BCUT2D eigenvalue weighted by Crippen LogP contribution is 2.35. The van der Waals surface area contributed by atoms with Gasteiger partial charge in [-0.3, -0.25) is 9.56 Å². The van der Waals surface area contributed by atoms with Gasteiger partial charge in [-0.2, -0.15) is 13.4 Å². The van der Waals surface area contributed by atoms with Crippen molar-refractivity contribution in [2.45, 2.75) is 16.0 Å². The molecule has 0 fully saturated rings. The third kappa shape index (κ3) is 4.81. The van der Waals surface area contributed by atoms with E-state index in [1.807, 2.05) is 24.3 Å². The van der Waals surface area contributed by atoms with Gasteiger partial charge < -0.3 is 4.52 Å². The molecule has 0 saturated heterocycles. The zero-order valence-electron chi connectivity index (χ0n) is 19.5. The first kappa shape index (κ1) is 24.9. The van der Waals surface area contributed by atoms with Crippen LogP contribution in [0.5, 0.6) is 0 Å². The normalized spacial score (nSPS) is 12.1. The molecule has 0 aliphatic carbocycles. The third-order valence-corrected chi connectivity index (χ3v) is 9.89. The van der Waals surface area contributed by atoms with Gasteiger partial charge in [0.2, 0.25) is 0 Å². The third-order valence-electron chi connectivity index (χ3n) is 5.30. The number of rotatable bonds is 8. The summed E-state index contributed by atoms with van der Waals surface area (Å²) in [7, 11) is -7.15. The molecule has 0 amide bonds. The van der Waals surface area contributed by atoms with Crippen molar-refractivity contribution in [1.82, 2.24) is 10.1 Å². The lowest BCUT2D eigenvalue weighted by Gasteiger charge is -2.24. The maximum Gasteiger partial charge on any atom is 0.286 e. The molecule has 3 aromatic carbocycles. The highest BCUT2D eigenvalue weighted by molar-refractivity contribution is 7.95. The van der Waals surface area contributed by atoms with Crippen LogP contribution in [0.3, 0.4) is 0 Å². The van der Waals surface area contributed by atoms with E-state index in [1.54, 1.807) is 31.2 Å². The molecule has 190 valence electrons. The van der Waals surface area contributed by atoms with Crippen LogP contribution in [-0.2, 0) is 24.9 Å². The van der Waals surface area contributed by atoms with Crippen LogP contribution in [0.1, 0.15) is 5.82 Å². The molecular formula is C24H20N4O6S3. The Labute approximate surface area is 217 Å².